The molecule has 50 heavy (non-hydrogen) atoms. The summed E-state index contributed by atoms with van der Waals surface area (Å²) in [7, 11) is 3.63. The number of fused-ring (bicyclic) bond motifs is 1. The lowest BCUT2D eigenvalue weighted by Gasteiger charge is -2.44. The molecule has 268 valence electrons. The van der Waals surface area contributed by atoms with E-state index >= 15 is 0 Å². The highest BCUT2D eigenvalue weighted by molar-refractivity contribution is 5.91. The molecule has 13 nitrogen and oxygen atoms in total. The Kier molecular flexibility index (Phi) is 9.86. The van der Waals surface area contributed by atoms with Crippen molar-refractivity contribution >= 4 is 28.6 Å². The molecule has 6 rings (SSSR count). The van der Waals surface area contributed by atoms with Gasteiger partial charge in [-0.1, -0.05) is 6.42 Å². The molecular weight excluding hydrogens is 657 g/mol. The number of halogens is 3. The van der Waals surface area contributed by atoms with Gasteiger partial charge in [0.05, 0.1) is 42.6 Å². The van der Waals surface area contributed by atoms with Crippen molar-refractivity contribution in [2.24, 2.45) is 5.41 Å². The number of H-pyrrole nitrogens is 1. The van der Waals surface area contributed by atoms with E-state index in [4.69, 9.17) is 24.3 Å². The number of rotatable bonds is 13. The molecule has 2 fully saturated rings. The molecule has 0 amide bonds. The zero-order chi connectivity index (χ0) is 35.7. The van der Waals surface area contributed by atoms with E-state index in [-0.39, 0.29) is 29.9 Å². The van der Waals surface area contributed by atoms with Crippen LogP contribution in [0.3, 0.4) is 0 Å². The fraction of sp³-hybridized carbons (Fsp3) is 0.529. The minimum atomic E-state index is -4.68. The highest BCUT2D eigenvalue weighted by Gasteiger charge is 2.39. The molecule has 2 aliphatic rings. The summed E-state index contributed by atoms with van der Waals surface area (Å²) in [6.07, 6.45) is 4.30. The van der Waals surface area contributed by atoms with Gasteiger partial charge in [0.15, 0.2) is 11.5 Å². The first-order chi connectivity index (χ1) is 23.8. The van der Waals surface area contributed by atoms with Crippen LogP contribution in [0, 0.1) is 5.41 Å². The third-order valence-electron chi connectivity index (χ3n) is 9.59. The number of imidazole rings is 1. The predicted octanol–water partition coefficient (Wildman–Crippen LogP) is 5.61. The maximum Gasteiger partial charge on any atom is 0.421 e. The van der Waals surface area contributed by atoms with Gasteiger partial charge in [-0.3, -0.25) is 0 Å². The largest absolute Gasteiger partial charge is 0.480 e. The molecule has 0 atom stereocenters. The number of methoxy groups -OCH3 is 1. The Balaban J connectivity index is 1.32. The lowest BCUT2D eigenvalue weighted by atomic mass is 9.69. The van der Waals surface area contributed by atoms with Crippen LogP contribution in [0.2, 0.25) is 0 Å². The van der Waals surface area contributed by atoms with Crippen LogP contribution in [0.4, 0.5) is 24.7 Å². The van der Waals surface area contributed by atoms with Gasteiger partial charge < -0.3 is 34.1 Å². The number of aromatic amines is 1. The standard InChI is InChI=1S/C34H41F3N8O5/c1-5-49-31-22(34(35,36)37)13-21(15-40-31)23-14-25(44(3)19-33(20-48-4)7-6-8-33)28-30(41-23)43-29(42-28)24-16-39-26(17-38-24)45-11-9-32(2,10-12-45)50-18-27(46)47/h13-17H,5-12,18-20H2,1-4H3,(H,46,47)(H,41,42,43). The number of aliphatic carboxylic acids is 1. The van der Waals surface area contributed by atoms with Crippen molar-refractivity contribution in [3.63, 3.8) is 0 Å². The molecule has 2 N–H and O–H groups in total. The van der Waals surface area contributed by atoms with Crippen LogP contribution in [0.1, 0.15) is 51.5 Å². The molecule has 1 saturated carbocycles. The number of aromatic nitrogens is 6. The van der Waals surface area contributed by atoms with Crippen LogP contribution in [0.5, 0.6) is 5.88 Å². The number of ether oxygens (including phenoxy) is 3. The minimum Gasteiger partial charge on any atom is -0.480 e. The number of piperidine rings is 1. The molecular formula is C34H41F3N8O5. The number of anilines is 2. The van der Waals surface area contributed by atoms with Crippen molar-refractivity contribution in [2.45, 2.75) is 57.7 Å². The summed E-state index contributed by atoms with van der Waals surface area (Å²) in [4.78, 5) is 41.1. The van der Waals surface area contributed by atoms with Gasteiger partial charge in [-0.05, 0) is 51.7 Å². The molecule has 0 unspecified atom stereocenters. The van der Waals surface area contributed by atoms with E-state index in [2.05, 4.69) is 34.7 Å². The fourth-order valence-electron chi connectivity index (χ4n) is 6.70. The van der Waals surface area contributed by atoms with E-state index in [0.717, 1.165) is 25.3 Å². The molecule has 1 aliphatic heterocycles. The lowest BCUT2D eigenvalue weighted by molar-refractivity contribution is -0.150. The summed E-state index contributed by atoms with van der Waals surface area (Å²) in [6, 6.07) is 2.76. The summed E-state index contributed by atoms with van der Waals surface area (Å²) < 4.78 is 58.5. The van der Waals surface area contributed by atoms with Crippen molar-refractivity contribution in [1.82, 2.24) is 29.9 Å². The molecule has 5 heterocycles. The van der Waals surface area contributed by atoms with Gasteiger partial charge in [-0.25, -0.2) is 29.7 Å². The van der Waals surface area contributed by atoms with Gasteiger partial charge in [0.1, 0.15) is 29.2 Å². The Bertz CT molecular complexity index is 1820. The van der Waals surface area contributed by atoms with Gasteiger partial charge in [0.25, 0.3) is 0 Å². The van der Waals surface area contributed by atoms with E-state index in [1.54, 1.807) is 32.5 Å². The highest BCUT2D eigenvalue weighted by Crippen LogP contribution is 2.44. The Labute approximate surface area is 287 Å². The lowest BCUT2D eigenvalue weighted by Crippen LogP contribution is -2.45. The Hall–Kier alpha value is -4.57. The van der Waals surface area contributed by atoms with Gasteiger partial charge in [-0.15, -0.1) is 0 Å². The SMILES string of the molecule is CCOc1ncc(-c2cc(N(C)CC3(COC)CCC3)c3[nH]c(-c4cnc(N5CCC(C)(OCC(=O)O)CC5)cn4)nc3n2)cc1C(F)(F)F. The monoisotopic (exact) mass is 698 g/mol. The maximum atomic E-state index is 14.0. The number of alkyl halides is 3. The van der Waals surface area contributed by atoms with Crippen LogP contribution in [-0.4, -0.2) is 100 Å². The van der Waals surface area contributed by atoms with E-state index in [1.165, 1.54) is 6.20 Å². The average Bonchev–Trinajstić information content (AvgIpc) is 3.51. The maximum absolute atomic E-state index is 14.0. The first-order valence-corrected chi connectivity index (χ1v) is 16.6. The fourth-order valence-corrected chi connectivity index (χ4v) is 6.70. The van der Waals surface area contributed by atoms with Gasteiger partial charge in [0, 0.05) is 51.0 Å². The van der Waals surface area contributed by atoms with E-state index in [0.29, 0.717) is 73.3 Å². The Morgan fingerprint density at radius 1 is 1.06 bits per heavy atom. The second-order valence-corrected chi connectivity index (χ2v) is 13.3. The number of pyridine rings is 2. The first-order valence-electron chi connectivity index (χ1n) is 16.6. The zero-order valence-electron chi connectivity index (χ0n) is 28.5. The molecule has 0 bridgehead atoms. The average molecular weight is 699 g/mol. The molecule has 1 saturated heterocycles. The quantitative estimate of drug-likeness (QED) is 0.179. The molecule has 4 aromatic heterocycles. The molecule has 0 radical (unpaired) electrons. The summed E-state index contributed by atoms with van der Waals surface area (Å²) in [5.41, 5.74) is 0.990. The third-order valence-corrected chi connectivity index (χ3v) is 9.59. The molecule has 0 aromatic carbocycles. The number of nitrogens with one attached hydrogen (secondary N) is 1. The van der Waals surface area contributed by atoms with E-state index < -0.39 is 29.2 Å². The summed E-state index contributed by atoms with van der Waals surface area (Å²) >= 11 is 0. The predicted molar refractivity (Wildman–Crippen MR) is 179 cm³/mol. The second-order valence-electron chi connectivity index (χ2n) is 13.3. The highest BCUT2D eigenvalue weighted by atomic mass is 19.4. The van der Waals surface area contributed by atoms with Gasteiger partial charge in [-0.2, -0.15) is 13.2 Å². The molecule has 0 spiro atoms. The number of nitrogens with zero attached hydrogens (tertiary/aromatic N) is 7. The van der Waals surface area contributed by atoms with Crippen molar-refractivity contribution < 1.29 is 37.3 Å². The zero-order valence-corrected chi connectivity index (χ0v) is 28.5. The third kappa shape index (κ3) is 7.45. The van der Waals surface area contributed by atoms with Crippen LogP contribution < -0.4 is 14.5 Å². The van der Waals surface area contributed by atoms with Crippen molar-refractivity contribution in [1.29, 1.82) is 0 Å². The Morgan fingerprint density at radius 3 is 2.42 bits per heavy atom. The second kappa shape index (κ2) is 14.0. The molecule has 16 heteroatoms. The first kappa shape index (κ1) is 35.3. The summed E-state index contributed by atoms with van der Waals surface area (Å²) in [5.74, 6) is -0.410. The van der Waals surface area contributed by atoms with Crippen molar-refractivity contribution in [3.8, 4) is 28.7 Å². The molecule has 4 aromatic rings. The molecule has 1 aliphatic carbocycles. The normalized spacial score (nSPS) is 17.1. The van der Waals surface area contributed by atoms with Crippen LogP contribution in [0.25, 0.3) is 33.9 Å². The number of hydrogen-bond donors (Lipinski definition) is 2. The number of carboxylic acids is 1. The summed E-state index contributed by atoms with van der Waals surface area (Å²) in [6.45, 7) is 5.72. The number of hydrogen-bond acceptors (Lipinski definition) is 11. The van der Waals surface area contributed by atoms with Crippen LogP contribution in [0.15, 0.2) is 30.7 Å². The Morgan fingerprint density at radius 2 is 1.82 bits per heavy atom. The van der Waals surface area contributed by atoms with E-state index in [9.17, 15) is 18.0 Å². The smallest absolute Gasteiger partial charge is 0.421 e. The van der Waals surface area contributed by atoms with Crippen LogP contribution >= 0.6 is 0 Å². The number of carboxylic acid groups (broad SMARTS) is 1. The van der Waals surface area contributed by atoms with Gasteiger partial charge >= 0.3 is 12.1 Å². The minimum absolute atomic E-state index is 0.0398. The van der Waals surface area contributed by atoms with Gasteiger partial charge in [0.2, 0.25) is 5.88 Å². The summed E-state index contributed by atoms with van der Waals surface area (Å²) in [5, 5.41) is 8.99. The van der Waals surface area contributed by atoms with E-state index in [1.807, 2.05) is 14.0 Å². The van der Waals surface area contributed by atoms with Crippen molar-refractivity contribution in [3.05, 3.63) is 36.3 Å². The number of carbonyl (C=O) groups is 1. The van der Waals surface area contributed by atoms with Crippen LogP contribution in [-0.2, 0) is 20.4 Å². The topological polar surface area (TPSA) is 152 Å². The van der Waals surface area contributed by atoms with Crippen molar-refractivity contribution in [2.75, 3.05) is 63.4 Å².